The Labute approximate surface area is 222 Å². The third kappa shape index (κ3) is 7.68. The summed E-state index contributed by atoms with van der Waals surface area (Å²) < 4.78 is 5.20. The van der Waals surface area contributed by atoms with Crippen LogP contribution in [0.15, 0.2) is 36.4 Å². The molecule has 37 heavy (non-hydrogen) atoms. The van der Waals surface area contributed by atoms with Crippen LogP contribution in [-0.4, -0.2) is 52.7 Å². The fourth-order valence-corrected chi connectivity index (χ4v) is 3.98. The molecule has 0 aromatic heterocycles. The van der Waals surface area contributed by atoms with Gasteiger partial charge in [0.2, 0.25) is 5.91 Å². The van der Waals surface area contributed by atoms with E-state index in [2.05, 4.69) is 10.6 Å². The van der Waals surface area contributed by atoms with Gasteiger partial charge in [0.05, 0.1) is 23.4 Å². The Bertz CT molecular complexity index is 1180. The van der Waals surface area contributed by atoms with Gasteiger partial charge < -0.3 is 25.4 Å². The summed E-state index contributed by atoms with van der Waals surface area (Å²) in [6.07, 6.45) is -0.920. The van der Waals surface area contributed by atoms with E-state index in [9.17, 15) is 24.8 Å². The molecule has 0 aliphatic heterocycles. The Morgan fingerprint density at radius 3 is 2.30 bits per heavy atom. The maximum atomic E-state index is 13.8. The molecule has 0 saturated carbocycles. The van der Waals surface area contributed by atoms with Crippen molar-refractivity contribution in [2.45, 2.75) is 59.2 Å². The number of nitrogens with one attached hydrogen (secondary N) is 2. The lowest BCUT2D eigenvalue weighted by molar-refractivity contribution is -0.140. The summed E-state index contributed by atoms with van der Waals surface area (Å²) in [5, 5.41) is 25.0. The summed E-state index contributed by atoms with van der Waals surface area (Å²) in [5.74, 6) is -1.44. The second kappa shape index (κ2) is 12.6. The summed E-state index contributed by atoms with van der Waals surface area (Å²) in [6, 6.07) is 9.65. The number of aliphatic hydroxyl groups excluding tert-OH is 1. The Morgan fingerprint density at radius 1 is 1.11 bits per heavy atom. The molecule has 0 spiro atoms. The zero-order valence-corrected chi connectivity index (χ0v) is 22.6. The SMILES string of the molecule is Cc1cccc(C(C(=O)Nc2c(C)cccc2Cl)N(CC#N)C(=O)C(CO)NC(=O)OC(C)(C)C)c1C. The van der Waals surface area contributed by atoms with Gasteiger partial charge in [-0.05, 0) is 69.9 Å². The van der Waals surface area contributed by atoms with Crippen molar-refractivity contribution in [1.29, 1.82) is 5.26 Å². The van der Waals surface area contributed by atoms with Crippen LogP contribution in [0, 0.1) is 32.1 Å². The van der Waals surface area contributed by atoms with Crippen LogP contribution in [-0.2, 0) is 14.3 Å². The smallest absolute Gasteiger partial charge is 0.408 e. The van der Waals surface area contributed by atoms with E-state index in [1.165, 1.54) is 0 Å². The predicted octanol–water partition coefficient (Wildman–Crippen LogP) is 4.18. The van der Waals surface area contributed by atoms with Crippen molar-refractivity contribution in [2.24, 2.45) is 0 Å². The largest absolute Gasteiger partial charge is 0.444 e. The average Bonchev–Trinajstić information content (AvgIpc) is 2.80. The van der Waals surface area contributed by atoms with E-state index in [0.29, 0.717) is 21.8 Å². The van der Waals surface area contributed by atoms with Crippen LogP contribution < -0.4 is 10.6 Å². The first-order valence-electron chi connectivity index (χ1n) is 11.7. The van der Waals surface area contributed by atoms with E-state index in [1.54, 1.807) is 58.0 Å². The number of nitrogens with zero attached hydrogens (tertiary/aromatic N) is 2. The van der Waals surface area contributed by atoms with E-state index in [1.807, 2.05) is 26.0 Å². The number of anilines is 1. The first-order valence-corrected chi connectivity index (χ1v) is 12.1. The van der Waals surface area contributed by atoms with E-state index in [0.717, 1.165) is 16.0 Å². The van der Waals surface area contributed by atoms with Crippen molar-refractivity contribution in [2.75, 3.05) is 18.5 Å². The molecule has 0 aliphatic carbocycles. The summed E-state index contributed by atoms with van der Waals surface area (Å²) in [5.41, 5.74) is 2.35. The summed E-state index contributed by atoms with van der Waals surface area (Å²) >= 11 is 6.32. The molecule has 2 rings (SSSR count). The maximum absolute atomic E-state index is 13.8. The number of benzene rings is 2. The van der Waals surface area contributed by atoms with Gasteiger partial charge in [0.15, 0.2) is 0 Å². The molecule has 3 amide bonds. The lowest BCUT2D eigenvalue weighted by Gasteiger charge is -2.33. The van der Waals surface area contributed by atoms with E-state index in [-0.39, 0.29) is 0 Å². The molecule has 2 unspecified atom stereocenters. The number of nitriles is 1. The molecule has 2 atom stereocenters. The Hall–Kier alpha value is -3.61. The summed E-state index contributed by atoms with van der Waals surface area (Å²) in [4.78, 5) is 40.7. The molecule has 2 aromatic carbocycles. The van der Waals surface area contributed by atoms with Crippen molar-refractivity contribution in [3.8, 4) is 6.07 Å². The topological polar surface area (TPSA) is 132 Å². The van der Waals surface area contributed by atoms with Crippen LogP contribution in [0.1, 0.15) is 49.1 Å². The van der Waals surface area contributed by atoms with Gasteiger partial charge in [-0.1, -0.05) is 41.9 Å². The zero-order valence-electron chi connectivity index (χ0n) is 21.9. The van der Waals surface area contributed by atoms with Crippen LogP contribution in [0.4, 0.5) is 10.5 Å². The molecule has 0 aliphatic rings. The van der Waals surface area contributed by atoms with Crippen LogP contribution in [0.2, 0.25) is 5.02 Å². The Kier molecular flexibility index (Phi) is 10.1. The number of alkyl carbamates (subject to hydrolysis) is 1. The number of rotatable bonds is 8. The number of para-hydroxylation sites is 1. The number of aliphatic hydroxyl groups is 1. The number of hydrogen-bond donors (Lipinski definition) is 3. The fraction of sp³-hybridized carbons (Fsp3) is 0.407. The minimum Gasteiger partial charge on any atom is -0.444 e. The normalized spacial score (nSPS) is 12.6. The minimum absolute atomic E-state index is 0.311. The number of aryl methyl sites for hydroxylation is 2. The van der Waals surface area contributed by atoms with Crippen LogP contribution >= 0.6 is 11.6 Å². The molecular weight excluding hydrogens is 496 g/mol. The molecule has 0 radical (unpaired) electrons. The summed E-state index contributed by atoms with van der Waals surface area (Å²) in [6.45, 7) is 9.15. The number of halogens is 1. The van der Waals surface area contributed by atoms with E-state index < -0.39 is 48.7 Å². The second-order valence-electron chi connectivity index (χ2n) is 9.62. The standard InChI is InChI=1S/C27H33ClN4O5/c1-16-9-7-11-19(18(16)3)23(24(34)31-22-17(2)10-8-12-20(22)28)32(14-13-29)25(35)21(15-33)30-26(36)37-27(4,5)6/h7-12,21,23,33H,14-15H2,1-6H3,(H,30,36)(H,31,34). The van der Waals surface area contributed by atoms with Crippen LogP contribution in [0.25, 0.3) is 0 Å². The highest BCUT2D eigenvalue weighted by Crippen LogP contribution is 2.31. The van der Waals surface area contributed by atoms with Gasteiger partial charge in [-0.3, -0.25) is 9.59 Å². The van der Waals surface area contributed by atoms with Gasteiger partial charge in [-0.2, -0.15) is 5.26 Å². The van der Waals surface area contributed by atoms with E-state index >= 15 is 0 Å². The van der Waals surface area contributed by atoms with Crippen molar-refractivity contribution in [3.05, 3.63) is 63.7 Å². The second-order valence-corrected chi connectivity index (χ2v) is 10.0. The third-order valence-corrected chi connectivity index (χ3v) is 5.98. The molecule has 3 N–H and O–H groups in total. The highest BCUT2D eigenvalue weighted by Gasteiger charge is 2.37. The predicted molar refractivity (Wildman–Crippen MR) is 141 cm³/mol. The fourth-order valence-electron chi connectivity index (χ4n) is 3.71. The van der Waals surface area contributed by atoms with Gasteiger partial charge >= 0.3 is 6.09 Å². The third-order valence-electron chi connectivity index (χ3n) is 5.67. The number of amides is 3. The molecule has 9 nitrogen and oxygen atoms in total. The lowest BCUT2D eigenvalue weighted by Crippen LogP contribution is -2.54. The summed E-state index contributed by atoms with van der Waals surface area (Å²) in [7, 11) is 0. The molecule has 0 heterocycles. The van der Waals surface area contributed by atoms with Crippen LogP contribution in [0.3, 0.4) is 0 Å². The van der Waals surface area contributed by atoms with Crippen molar-refractivity contribution >= 4 is 35.2 Å². The average molecular weight is 529 g/mol. The van der Waals surface area contributed by atoms with Gasteiger partial charge in [0.1, 0.15) is 24.2 Å². The molecule has 0 fully saturated rings. The molecule has 0 saturated heterocycles. The van der Waals surface area contributed by atoms with Crippen molar-refractivity contribution in [3.63, 3.8) is 0 Å². The van der Waals surface area contributed by atoms with Gasteiger partial charge in [0, 0.05) is 0 Å². The van der Waals surface area contributed by atoms with Gasteiger partial charge in [-0.25, -0.2) is 4.79 Å². The quantitative estimate of drug-likeness (QED) is 0.440. The molecule has 2 aromatic rings. The minimum atomic E-state index is -1.45. The van der Waals surface area contributed by atoms with Crippen molar-refractivity contribution < 1.29 is 24.2 Å². The number of carbonyl (C=O) groups excluding carboxylic acids is 3. The number of carbonyl (C=O) groups is 3. The highest BCUT2D eigenvalue weighted by molar-refractivity contribution is 6.34. The highest BCUT2D eigenvalue weighted by atomic mass is 35.5. The Balaban J connectivity index is 2.56. The van der Waals surface area contributed by atoms with E-state index in [4.69, 9.17) is 16.3 Å². The monoisotopic (exact) mass is 528 g/mol. The molecule has 0 bridgehead atoms. The number of ether oxygens (including phenoxy) is 1. The maximum Gasteiger partial charge on any atom is 0.408 e. The first-order chi connectivity index (χ1) is 17.3. The molecule has 10 heteroatoms. The van der Waals surface area contributed by atoms with Gasteiger partial charge in [-0.15, -0.1) is 0 Å². The number of hydrogen-bond acceptors (Lipinski definition) is 6. The Morgan fingerprint density at radius 2 is 1.73 bits per heavy atom. The zero-order chi connectivity index (χ0) is 27.9. The molecular formula is C27H33ClN4O5. The van der Waals surface area contributed by atoms with Crippen LogP contribution in [0.5, 0.6) is 0 Å². The molecule has 198 valence electrons. The first kappa shape index (κ1) is 29.6. The lowest BCUT2D eigenvalue weighted by atomic mass is 9.95. The van der Waals surface area contributed by atoms with Crippen molar-refractivity contribution in [1.82, 2.24) is 10.2 Å². The van der Waals surface area contributed by atoms with Gasteiger partial charge in [0.25, 0.3) is 5.91 Å².